The van der Waals surface area contributed by atoms with Crippen LogP contribution >= 0.6 is 34.4 Å². The molecule has 0 spiro atoms. The molecule has 2 rings (SSSR count). The van der Waals surface area contributed by atoms with Crippen LogP contribution in [0.15, 0.2) is 29.3 Å². The number of benzene rings is 1. The summed E-state index contributed by atoms with van der Waals surface area (Å²) >= 11 is 3.85. The van der Waals surface area contributed by atoms with E-state index in [1.807, 2.05) is 18.3 Å². The van der Waals surface area contributed by atoms with Crippen molar-refractivity contribution in [2.45, 2.75) is 11.3 Å². The molecule has 0 fully saturated rings. The van der Waals surface area contributed by atoms with Crippen LogP contribution in [0, 0.1) is 3.57 Å². The van der Waals surface area contributed by atoms with Gasteiger partial charge in [-0.25, -0.2) is 0 Å². The number of H-pyrrole nitrogens is 1. The Hall–Kier alpha value is -0.690. The fraction of sp³-hybridized carbons (Fsp3) is 0.182. The number of hydrogen-bond donors (Lipinski definition) is 2. The zero-order valence-electron chi connectivity index (χ0n) is 8.37. The average Bonchev–Trinajstić information content (AvgIpc) is 2.60. The fourth-order valence-corrected chi connectivity index (χ4v) is 2.89. The highest BCUT2D eigenvalue weighted by atomic mass is 127. The van der Waals surface area contributed by atoms with E-state index in [0.717, 1.165) is 10.4 Å². The summed E-state index contributed by atoms with van der Waals surface area (Å²) < 4.78 is 1.18. The van der Waals surface area contributed by atoms with Gasteiger partial charge in [-0.3, -0.25) is 4.79 Å². The zero-order valence-corrected chi connectivity index (χ0v) is 11.3. The molecule has 2 N–H and O–H groups in total. The number of fused-ring (bicyclic) bond motifs is 1. The Labute approximate surface area is 111 Å². The molecule has 0 aliphatic heterocycles. The molecule has 0 saturated heterocycles. The van der Waals surface area contributed by atoms with Crippen molar-refractivity contribution < 1.29 is 9.90 Å². The van der Waals surface area contributed by atoms with Crippen LogP contribution in [0.1, 0.15) is 6.42 Å². The number of nitrogens with one attached hydrogen (secondary N) is 1. The Balaban J connectivity index is 2.17. The molecular weight excluding hydrogens is 337 g/mol. The van der Waals surface area contributed by atoms with Crippen molar-refractivity contribution in [2.24, 2.45) is 0 Å². The van der Waals surface area contributed by atoms with Crippen LogP contribution in [0.25, 0.3) is 10.9 Å². The lowest BCUT2D eigenvalue weighted by atomic mass is 10.2. The Kier molecular flexibility index (Phi) is 3.75. The molecule has 0 radical (unpaired) electrons. The lowest BCUT2D eigenvalue weighted by Gasteiger charge is -1.98. The molecule has 0 aliphatic carbocycles. The number of aromatic nitrogens is 1. The summed E-state index contributed by atoms with van der Waals surface area (Å²) in [7, 11) is 0. The first-order valence-electron chi connectivity index (χ1n) is 4.78. The maximum Gasteiger partial charge on any atom is 0.304 e. The Morgan fingerprint density at radius 1 is 1.50 bits per heavy atom. The van der Waals surface area contributed by atoms with Crippen LogP contribution in [-0.2, 0) is 4.79 Å². The van der Waals surface area contributed by atoms with Crippen LogP contribution in [0.2, 0.25) is 0 Å². The molecule has 16 heavy (non-hydrogen) atoms. The molecule has 0 aliphatic rings. The van der Waals surface area contributed by atoms with Crippen molar-refractivity contribution >= 4 is 51.2 Å². The Morgan fingerprint density at radius 2 is 2.31 bits per heavy atom. The first-order valence-corrected chi connectivity index (χ1v) is 6.84. The van der Waals surface area contributed by atoms with E-state index in [1.165, 1.54) is 8.96 Å². The minimum atomic E-state index is -0.748. The smallest absolute Gasteiger partial charge is 0.304 e. The summed E-state index contributed by atoms with van der Waals surface area (Å²) in [5.41, 5.74) is 1.10. The van der Waals surface area contributed by atoms with Crippen molar-refractivity contribution in [1.29, 1.82) is 0 Å². The molecule has 0 unspecified atom stereocenters. The molecular formula is C11H10INO2S. The third-order valence-corrected chi connectivity index (χ3v) is 3.91. The molecule has 84 valence electrons. The van der Waals surface area contributed by atoms with Crippen molar-refractivity contribution in [1.82, 2.24) is 4.98 Å². The number of rotatable bonds is 4. The number of carboxylic acid groups (broad SMARTS) is 1. The second-order valence-corrected chi connectivity index (χ2v) is 5.72. The lowest BCUT2D eigenvalue weighted by Crippen LogP contribution is -1.95. The van der Waals surface area contributed by atoms with Gasteiger partial charge in [0.1, 0.15) is 0 Å². The quantitative estimate of drug-likeness (QED) is 0.659. The molecule has 1 aromatic carbocycles. The van der Waals surface area contributed by atoms with Crippen LogP contribution in [0.4, 0.5) is 0 Å². The molecule has 3 nitrogen and oxygen atoms in total. The maximum absolute atomic E-state index is 10.4. The number of aliphatic carboxylic acids is 1. The topological polar surface area (TPSA) is 53.1 Å². The van der Waals surface area contributed by atoms with Gasteiger partial charge in [-0.05, 0) is 40.8 Å². The van der Waals surface area contributed by atoms with E-state index in [9.17, 15) is 4.79 Å². The van der Waals surface area contributed by atoms with Crippen LogP contribution < -0.4 is 0 Å². The zero-order chi connectivity index (χ0) is 11.5. The van der Waals surface area contributed by atoms with Crippen LogP contribution in [-0.4, -0.2) is 21.8 Å². The fourth-order valence-electron chi connectivity index (χ4n) is 1.43. The van der Waals surface area contributed by atoms with Gasteiger partial charge in [0.05, 0.1) is 6.42 Å². The summed E-state index contributed by atoms with van der Waals surface area (Å²) in [4.78, 5) is 14.7. The number of thioether (sulfide) groups is 1. The number of halogens is 1. The number of carboxylic acids is 1. The SMILES string of the molecule is O=C(O)CCSc1c[nH]c2ccc(I)cc12. The number of hydrogen-bond acceptors (Lipinski definition) is 2. The standard InChI is InChI=1S/C11H10INO2S/c12-7-1-2-9-8(5-7)10(6-13-9)16-4-3-11(14)15/h1-2,5-6,13H,3-4H2,(H,14,15). The highest BCUT2D eigenvalue weighted by molar-refractivity contribution is 14.1. The molecule has 0 bridgehead atoms. The van der Waals surface area contributed by atoms with Crippen molar-refractivity contribution in [3.8, 4) is 0 Å². The highest BCUT2D eigenvalue weighted by Crippen LogP contribution is 2.29. The first-order chi connectivity index (χ1) is 7.66. The second-order valence-electron chi connectivity index (χ2n) is 3.34. The maximum atomic E-state index is 10.4. The normalized spacial score (nSPS) is 10.8. The molecule has 0 saturated carbocycles. The summed E-state index contributed by atoms with van der Waals surface area (Å²) in [5.74, 6) is -0.143. The van der Waals surface area contributed by atoms with E-state index in [1.54, 1.807) is 11.8 Å². The molecule has 2 aromatic rings. The monoisotopic (exact) mass is 347 g/mol. The number of aromatic amines is 1. The Bertz CT molecular complexity index is 524. The molecule has 1 heterocycles. The van der Waals surface area contributed by atoms with E-state index >= 15 is 0 Å². The summed E-state index contributed by atoms with van der Waals surface area (Å²) in [6.45, 7) is 0. The van der Waals surface area contributed by atoms with E-state index in [-0.39, 0.29) is 6.42 Å². The number of carbonyl (C=O) groups is 1. The van der Waals surface area contributed by atoms with Crippen molar-refractivity contribution in [3.05, 3.63) is 28.0 Å². The largest absolute Gasteiger partial charge is 0.481 e. The molecule has 0 atom stereocenters. The van der Waals surface area contributed by atoms with Gasteiger partial charge in [0, 0.05) is 31.3 Å². The van der Waals surface area contributed by atoms with Gasteiger partial charge in [0.2, 0.25) is 0 Å². The van der Waals surface area contributed by atoms with Gasteiger partial charge in [0.25, 0.3) is 0 Å². The van der Waals surface area contributed by atoms with Gasteiger partial charge in [0.15, 0.2) is 0 Å². The van der Waals surface area contributed by atoms with E-state index in [4.69, 9.17) is 5.11 Å². The van der Waals surface area contributed by atoms with Gasteiger partial charge in [-0.15, -0.1) is 11.8 Å². The molecule has 1 aromatic heterocycles. The minimum Gasteiger partial charge on any atom is -0.481 e. The van der Waals surface area contributed by atoms with Gasteiger partial charge in [-0.2, -0.15) is 0 Å². The van der Waals surface area contributed by atoms with Crippen molar-refractivity contribution in [3.63, 3.8) is 0 Å². The molecule has 0 amide bonds. The van der Waals surface area contributed by atoms with Gasteiger partial charge in [-0.1, -0.05) is 0 Å². The summed E-state index contributed by atoms with van der Waals surface area (Å²) in [6.07, 6.45) is 2.13. The van der Waals surface area contributed by atoms with Gasteiger partial charge < -0.3 is 10.1 Å². The summed E-state index contributed by atoms with van der Waals surface area (Å²) in [5, 5.41) is 9.75. The van der Waals surface area contributed by atoms with E-state index in [0.29, 0.717) is 5.75 Å². The van der Waals surface area contributed by atoms with Crippen molar-refractivity contribution in [2.75, 3.05) is 5.75 Å². The third kappa shape index (κ3) is 2.70. The first kappa shape index (κ1) is 11.8. The molecule has 5 heteroatoms. The average molecular weight is 347 g/mol. The third-order valence-electron chi connectivity index (χ3n) is 2.18. The second kappa shape index (κ2) is 5.09. The van der Waals surface area contributed by atoms with Gasteiger partial charge >= 0.3 is 5.97 Å². The lowest BCUT2D eigenvalue weighted by molar-refractivity contribution is -0.136. The van der Waals surface area contributed by atoms with E-state index in [2.05, 4.69) is 33.6 Å². The predicted octanol–water partition coefficient (Wildman–Crippen LogP) is 3.34. The van der Waals surface area contributed by atoms with Crippen LogP contribution in [0.3, 0.4) is 0 Å². The summed E-state index contributed by atoms with van der Waals surface area (Å²) in [6, 6.07) is 6.19. The highest BCUT2D eigenvalue weighted by Gasteiger charge is 2.05. The predicted molar refractivity (Wildman–Crippen MR) is 74.0 cm³/mol. The van der Waals surface area contributed by atoms with E-state index < -0.39 is 5.97 Å². The Morgan fingerprint density at radius 3 is 3.06 bits per heavy atom. The van der Waals surface area contributed by atoms with Crippen LogP contribution in [0.5, 0.6) is 0 Å². The minimum absolute atomic E-state index is 0.196.